The fourth-order valence-corrected chi connectivity index (χ4v) is 2.98. The molecule has 0 spiro atoms. The highest BCUT2D eigenvalue weighted by atomic mass is 32.1. The van der Waals surface area contributed by atoms with Crippen LogP contribution in [0.15, 0.2) is 36.4 Å². The summed E-state index contributed by atoms with van der Waals surface area (Å²) in [6.07, 6.45) is 0. The van der Waals surface area contributed by atoms with E-state index in [1.165, 1.54) is 20.9 Å². The number of nitrogens with one attached hydrogen (secondary N) is 1. The fourth-order valence-electron chi connectivity index (χ4n) is 2.09. The van der Waals surface area contributed by atoms with Crippen LogP contribution in [0, 0.1) is 13.8 Å². The molecule has 0 aliphatic carbocycles. The van der Waals surface area contributed by atoms with Gasteiger partial charge in [0.1, 0.15) is 0 Å². The second kappa shape index (κ2) is 5.68. The van der Waals surface area contributed by atoms with Gasteiger partial charge in [-0.2, -0.15) is 0 Å². The van der Waals surface area contributed by atoms with Crippen molar-refractivity contribution in [2.24, 2.45) is 0 Å². The predicted molar refractivity (Wildman–Crippen MR) is 80.2 cm³/mol. The Hall–Kier alpha value is -1.12. The van der Waals surface area contributed by atoms with E-state index in [1.54, 1.807) is 0 Å². The lowest BCUT2D eigenvalue weighted by molar-refractivity contribution is 0.500. The maximum absolute atomic E-state index is 3.66. The van der Waals surface area contributed by atoms with Gasteiger partial charge in [0, 0.05) is 21.8 Å². The van der Waals surface area contributed by atoms with Crippen molar-refractivity contribution in [1.29, 1.82) is 0 Å². The predicted octanol–water partition coefficient (Wildman–Crippen LogP) is 4.78. The summed E-state index contributed by atoms with van der Waals surface area (Å²) in [5.41, 5.74) is 2.66. The zero-order chi connectivity index (χ0) is 13.1. The third kappa shape index (κ3) is 3.21. The Bertz CT molecular complexity index is 498. The molecule has 1 aromatic heterocycles. The van der Waals surface area contributed by atoms with Gasteiger partial charge in [0.05, 0.1) is 0 Å². The van der Waals surface area contributed by atoms with Crippen LogP contribution in [0.3, 0.4) is 0 Å². The van der Waals surface area contributed by atoms with Crippen LogP contribution in [-0.2, 0) is 0 Å². The summed E-state index contributed by atoms with van der Waals surface area (Å²) < 4.78 is 0. The first-order chi connectivity index (χ1) is 8.56. The largest absolute Gasteiger partial charge is 0.303 e. The van der Waals surface area contributed by atoms with Gasteiger partial charge in [-0.3, -0.25) is 0 Å². The van der Waals surface area contributed by atoms with E-state index in [1.807, 2.05) is 11.3 Å². The molecular formula is C16H21NS. The van der Waals surface area contributed by atoms with Gasteiger partial charge in [-0.1, -0.05) is 29.8 Å². The quantitative estimate of drug-likeness (QED) is 0.833. The summed E-state index contributed by atoms with van der Waals surface area (Å²) in [6, 6.07) is 14.0. The van der Waals surface area contributed by atoms with E-state index in [-0.39, 0.29) is 0 Å². The SMILES string of the molecule is Cc1ccc([C@@H](C)NC(C)c2ccc(C)s2)cc1. The van der Waals surface area contributed by atoms with Gasteiger partial charge in [0.2, 0.25) is 0 Å². The summed E-state index contributed by atoms with van der Waals surface area (Å²) >= 11 is 1.87. The van der Waals surface area contributed by atoms with E-state index < -0.39 is 0 Å². The van der Waals surface area contributed by atoms with Crippen LogP contribution in [0.2, 0.25) is 0 Å². The van der Waals surface area contributed by atoms with Gasteiger partial charge in [-0.25, -0.2) is 0 Å². The molecule has 1 nitrogen and oxygen atoms in total. The lowest BCUT2D eigenvalue weighted by atomic mass is 10.1. The smallest absolute Gasteiger partial charge is 0.0391 e. The zero-order valence-corrected chi connectivity index (χ0v) is 12.3. The van der Waals surface area contributed by atoms with Crippen molar-refractivity contribution < 1.29 is 0 Å². The number of hydrogen-bond donors (Lipinski definition) is 1. The molecule has 0 aliphatic rings. The molecule has 2 rings (SSSR count). The molecule has 18 heavy (non-hydrogen) atoms. The Kier molecular flexibility index (Phi) is 4.20. The van der Waals surface area contributed by atoms with E-state index in [2.05, 4.69) is 69.4 Å². The second-order valence-corrected chi connectivity index (χ2v) is 6.29. The van der Waals surface area contributed by atoms with Crippen LogP contribution in [0.25, 0.3) is 0 Å². The molecule has 0 aliphatic heterocycles. The molecular weight excluding hydrogens is 238 g/mol. The second-order valence-electron chi connectivity index (χ2n) is 4.97. The first-order valence-electron chi connectivity index (χ1n) is 6.45. The highest BCUT2D eigenvalue weighted by molar-refractivity contribution is 7.12. The topological polar surface area (TPSA) is 12.0 Å². The summed E-state index contributed by atoms with van der Waals surface area (Å²) in [5, 5.41) is 3.66. The summed E-state index contributed by atoms with van der Waals surface area (Å²) in [6.45, 7) is 8.74. The minimum atomic E-state index is 0.378. The molecule has 0 saturated carbocycles. The van der Waals surface area contributed by atoms with E-state index >= 15 is 0 Å². The Balaban J connectivity index is 2.02. The van der Waals surface area contributed by atoms with Crippen LogP contribution in [0.5, 0.6) is 0 Å². The van der Waals surface area contributed by atoms with Crippen molar-refractivity contribution in [3.63, 3.8) is 0 Å². The number of rotatable bonds is 4. The van der Waals surface area contributed by atoms with Crippen molar-refractivity contribution >= 4 is 11.3 Å². The molecule has 1 N–H and O–H groups in total. The summed E-state index contributed by atoms with van der Waals surface area (Å²) in [7, 11) is 0. The Morgan fingerprint density at radius 2 is 1.56 bits per heavy atom. The maximum Gasteiger partial charge on any atom is 0.0391 e. The Morgan fingerprint density at radius 1 is 0.889 bits per heavy atom. The van der Waals surface area contributed by atoms with Crippen LogP contribution in [0.4, 0.5) is 0 Å². The monoisotopic (exact) mass is 259 g/mol. The number of hydrogen-bond acceptors (Lipinski definition) is 2. The van der Waals surface area contributed by atoms with Crippen molar-refractivity contribution in [1.82, 2.24) is 5.32 Å². The molecule has 0 bridgehead atoms. The average molecular weight is 259 g/mol. The number of benzene rings is 1. The van der Waals surface area contributed by atoms with Crippen molar-refractivity contribution in [2.75, 3.05) is 0 Å². The van der Waals surface area contributed by atoms with E-state index in [9.17, 15) is 0 Å². The number of thiophene rings is 1. The third-order valence-electron chi connectivity index (χ3n) is 3.27. The molecule has 0 amide bonds. The first kappa shape index (κ1) is 13.3. The van der Waals surface area contributed by atoms with Gasteiger partial charge in [0.15, 0.2) is 0 Å². The van der Waals surface area contributed by atoms with E-state index in [0.717, 1.165) is 0 Å². The molecule has 1 unspecified atom stereocenters. The molecule has 1 aromatic carbocycles. The highest BCUT2D eigenvalue weighted by Crippen LogP contribution is 2.25. The maximum atomic E-state index is 3.66. The minimum Gasteiger partial charge on any atom is -0.303 e. The van der Waals surface area contributed by atoms with Gasteiger partial charge < -0.3 is 5.32 Å². The van der Waals surface area contributed by atoms with Crippen molar-refractivity contribution in [3.8, 4) is 0 Å². The van der Waals surface area contributed by atoms with Crippen LogP contribution < -0.4 is 5.32 Å². The first-order valence-corrected chi connectivity index (χ1v) is 7.27. The van der Waals surface area contributed by atoms with Gasteiger partial charge in [-0.05, 0) is 45.4 Å². The van der Waals surface area contributed by atoms with Gasteiger partial charge in [-0.15, -0.1) is 11.3 Å². The minimum absolute atomic E-state index is 0.378. The Labute approximate surface area is 114 Å². The molecule has 0 saturated heterocycles. The standard InChI is InChI=1S/C16H21NS/c1-11-5-8-15(9-6-11)13(3)17-14(4)16-10-7-12(2)18-16/h5-10,13-14,17H,1-4H3/t13-,14?/m1/s1. The van der Waals surface area contributed by atoms with E-state index in [0.29, 0.717) is 12.1 Å². The van der Waals surface area contributed by atoms with Crippen LogP contribution in [0.1, 0.15) is 46.8 Å². The van der Waals surface area contributed by atoms with Crippen molar-refractivity contribution in [2.45, 2.75) is 39.8 Å². The molecule has 2 heteroatoms. The molecule has 0 radical (unpaired) electrons. The fraction of sp³-hybridized carbons (Fsp3) is 0.375. The van der Waals surface area contributed by atoms with Gasteiger partial charge in [0.25, 0.3) is 0 Å². The molecule has 2 aromatic rings. The zero-order valence-electron chi connectivity index (χ0n) is 11.5. The molecule has 0 fully saturated rings. The average Bonchev–Trinajstić information content (AvgIpc) is 2.76. The Morgan fingerprint density at radius 3 is 2.11 bits per heavy atom. The summed E-state index contributed by atoms with van der Waals surface area (Å²) in [4.78, 5) is 2.79. The molecule has 96 valence electrons. The lowest BCUT2D eigenvalue weighted by Crippen LogP contribution is -2.21. The van der Waals surface area contributed by atoms with Crippen LogP contribution >= 0.6 is 11.3 Å². The molecule has 1 heterocycles. The highest BCUT2D eigenvalue weighted by Gasteiger charge is 2.12. The lowest BCUT2D eigenvalue weighted by Gasteiger charge is -2.19. The van der Waals surface area contributed by atoms with E-state index in [4.69, 9.17) is 0 Å². The molecule has 2 atom stereocenters. The summed E-state index contributed by atoms with van der Waals surface area (Å²) in [5.74, 6) is 0. The van der Waals surface area contributed by atoms with Gasteiger partial charge >= 0.3 is 0 Å². The number of aryl methyl sites for hydroxylation is 2. The third-order valence-corrected chi connectivity index (χ3v) is 4.45. The van der Waals surface area contributed by atoms with Crippen molar-refractivity contribution in [3.05, 3.63) is 57.3 Å². The van der Waals surface area contributed by atoms with Crippen LogP contribution in [-0.4, -0.2) is 0 Å². The normalized spacial score (nSPS) is 14.4.